The summed E-state index contributed by atoms with van der Waals surface area (Å²) in [5, 5.41) is 0. The average Bonchev–Trinajstić information content (AvgIpc) is 2.39. The molecule has 2 aromatic rings. The van der Waals surface area contributed by atoms with E-state index in [0.29, 0.717) is 23.1 Å². The lowest BCUT2D eigenvalue weighted by molar-refractivity contribution is 0.382. The van der Waals surface area contributed by atoms with Crippen LogP contribution in [0.1, 0.15) is 5.56 Å². The summed E-state index contributed by atoms with van der Waals surface area (Å²) in [6, 6.07) is 9.64. The minimum absolute atomic E-state index is 0.0615. The van der Waals surface area contributed by atoms with Crippen molar-refractivity contribution < 1.29 is 13.9 Å². The lowest BCUT2D eigenvalue weighted by Gasteiger charge is -2.10. The summed E-state index contributed by atoms with van der Waals surface area (Å²) in [7, 11) is 1.51. The van der Waals surface area contributed by atoms with E-state index in [0.717, 1.165) is 0 Å². The first-order valence-corrected chi connectivity index (χ1v) is 5.41. The Kier molecular flexibility index (Phi) is 3.74. The van der Waals surface area contributed by atoms with Gasteiger partial charge in [0.15, 0.2) is 0 Å². The van der Waals surface area contributed by atoms with Gasteiger partial charge in [-0.2, -0.15) is 4.98 Å². The van der Waals surface area contributed by atoms with Crippen LogP contribution in [0.15, 0.2) is 36.4 Å². The molecule has 0 saturated heterocycles. The average molecular weight is 248 g/mol. The third kappa shape index (κ3) is 2.57. The van der Waals surface area contributed by atoms with Gasteiger partial charge in [-0.05, 0) is 12.1 Å². The Labute approximate surface area is 104 Å². The number of benzene rings is 1. The first kappa shape index (κ1) is 12.3. The fraction of sp³-hybridized carbons (Fsp3) is 0.154. The molecule has 0 aliphatic heterocycles. The van der Waals surface area contributed by atoms with Gasteiger partial charge in [-0.15, -0.1) is 0 Å². The first-order valence-electron chi connectivity index (χ1n) is 5.41. The molecule has 0 spiro atoms. The molecule has 0 amide bonds. The Morgan fingerprint density at radius 1 is 1.17 bits per heavy atom. The molecule has 0 saturated carbocycles. The van der Waals surface area contributed by atoms with Crippen LogP contribution in [0, 0.1) is 5.82 Å². The molecular weight excluding hydrogens is 235 g/mol. The fourth-order valence-corrected chi connectivity index (χ4v) is 1.51. The second kappa shape index (κ2) is 5.46. The van der Waals surface area contributed by atoms with Crippen molar-refractivity contribution in [1.82, 2.24) is 4.98 Å². The summed E-state index contributed by atoms with van der Waals surface area (Å²) < 4.78 is 24.0. The molecule has 0 aliphatic carbocycles. The summed E-state index contributed by atoms with van der Waals surface area (Å²) in [5.41, 5.74) is 5.82. The van der Waals surface area contributed by atoms with Crippen LogP contribution >= 0.6 is 0 Å². The van der Waals surface area contributed by atoms with Crippen molar-refractivity contribution in [3.05, 3.63) is 47.8 Å². The van der Waals surface area contributed by atoms with Crippen molar-refractivity contribution in [3.63, 3.8) is 0 Å². The lowest BCUT2D eigenvalue weighted by atomic mass is 10.2. The number of nitrogens with two attached hydrogens (primary N) is 1. The molecule has 94 valence electrons. The van der Waals surface area contributed by atoms with Gasteiger partial charge in [-0.3, -0.25) is 0 Å². The summed E-state index contributed by atoms with van der Waals surface area (Å²) >= 11 is 0. The maximum absolute atomic E-state index is 13.5. The Bertz CT molecular complexity index is 546. The topological polar surface area (TPSA) is 57.4 Å². The van der Waals surface area contributed by atoms with Gasteiger partial charge >= 0.3 is 0 Å². The minimum Gasteiger partial charge on any atom is -0.481 e. The zero-order chi connectivity index (χ0) is 13.0. The van der Waals surface area contributed by atoms with Crippen molar-refractivity contribution in [2.45, 2.75) is 6.54 Å². The van der Waals surface area contributed by atoms with Crippen LogP contribution in [0.5, 0.6) is 17.5 Å². The van der Waals surface area contributed by atoms with Crippen LogP contribution in [0.4, 0.5) is 4.39 Å². The van der Waals surface area contributed by atoms with Crippen LogP contribution in [0.2, 0.25) is 0 Å². The number of rotatable bonds is 4. The van der Waals surface area contributed by atoms with Crippen LogP contribution in [0.25, 0.3) is 0 Å². The molecule has 0 aliphatic rings. The predicted molar refractivity (Wildman–Crippen MR) is 65.2 cm³/mol. The number of hydrogen-bond acceptors (Lipinski definition) is 4. The molecule has 5 heteroatoms. The standard InChI is InChI=1S/C13H13FN2O2/c1-17-12-6-3-7-13(16-12)18-11-5-2-4-10(14)9(11)8-15/h2-7H,8,15H2,1H3. The van der Waals surface area contributed by atoms with Crippen LogP contribution in [-0.4, -0.2) is 12.1 Å². The number of hydrogen-bond donors (Lipinski definition) is 1. The molecule has 2 rings (SSSR count). The van der Waals surface area contributed by atoms with E-state index in [9.17, 15) is 4.39 Å². The number of halogens is 1. The van der Waals surface area contributed by atoms with Crippen molar-refractivity contribution >= 4 is 0 Å². The Hall–Kier alpha value is -2.14. The van der Waals surface area contributed by atoms with E-state index in [1.54, 1.807) is 30.3 Å². The highest BCUT2D eigenvalue weighted by atomic mass is 19.1. The second-order valence-corrected chi connectivity index (χ2v) is 3.54. The molecule has 0 bridgehead atoms. The highest BCUT2D eigenvalue weighted by Gasteiger charge is 2.09. The molecule has 1 aromatic carbocycles. The maximum Gasteiger partial charge on any atom is 0.222 e. The van der Waals surface area contributed by atoms with E-state index < -0.39 is 5.82 Å². The molecule has 18 heavy (non-hydrogen) atoms. The van der Waals surface area contributed by atoms with Gasteiger partial charge in [0.1, 0.15) is 11.6 Å². The largest absolute Gasteiger partial charge is 0.481 e. The fourth-order valence-electron chi connectivity index (χ4n) is 1.51. The number of aromatic nitrogens is 1. The SMILES string of the molecule is COc1cccc(Oc2cccc(F)c2CN)n1. The van der Waals surface area contributed by atoms with Gasteiger partial charge in [0, 0.05) is 24.2 Å². The molecule has 1 heterocycles. The van der Waals surface area contributed by atoms with Crippen molar-refractivity contribution in [2.24, 2.45) is 5.73 Å². The minimum atomic E-state index is -0.391. The molecule has 4 nitrogen and oxygen atoms in total. The maximum atomic E-state index is 13.5. The van der Waals surface area contributed by atoms with E-state index in [1.165, 1.54) is 13.2 Å². The van der Waals surface area contributed by atoms with Gasteiger partial charge in [0.05, 0.1) is 7.11 Å². The molecule has 0 fully saturated rings. The molecule has 1 aromatic heterocycles. The number of methoxy groups -OCH3 is 1. The van der Waals surface area contributed by atoms with Gasteiger partial charge in [-0.1, -0.05) is 12.1 Å². The quantitative estimate of drug-likeness (QED) is 0.903. The third-order valence-corrected chi connectivity index (χ3v) is 2.40. The number of pyridine rings is 1. The highest BCUT2D eigenvalue weighted by Crippen LogP contribution is 2.26. The van der Waals surface area contributed by atoms with E-state index in [1.807, 2.05) is 0 Å². The Morgan fingerprint density at radius 3 is 2.61 bits per heavy atom. The summed E-state index contributed by atoms with van der Waals surface area (Å²) in [6.45, 7) is 0.0615. The summed E-state index contributed by atoms with van der Waals surface area (Å²) in [4.78, 5) is 4.08. The van der Waals surface area contributed by atoms with E-state index in [-0.39, 0.29) is 6.54 Å². The van der Waals surface area contributed by atoms with Crippen molar-refractivity contribution in [1.29, 1.82) is 0 Å². The van der Waals surface area contributed by atoms with Gasteiger partial charge in [0.2, 0.25) is 11.8 Å². The molecule has 0 atom stereocenters. The molecule has 0 radical (unpaired) electrons. The van der Waals surface area contributed by atoms with Crippen molar-refractivity contribution in [2.75, 3.05) is 7.11 Å². The molecular formula is C13H13FN2O2. The normalized spacial score (nSPS) is 10.2. The zero-order valence-corrected chi connectivity index (χ0v) is 9.89. The molecule has 0 unspecified atom stereocenters. The van der Waals surface area contributed by atoms with Crippen molar-refractivity contribution in [3.8, 4) is 17.5 Å². The Balaban J connectivity index is 2.30. The van der Waals surface area contributed by atoms with Gasteiger partial charge in [-0.25, -0.2) is 4.39 Å². The zero-order valence-electron chi connectivity index (χ0n) is 9.89. The van der Waals surface area contributed by atoms with E-state index in [4.69, 9.17) is 15.2 Å². The monoisotopic (exact) mass is 248 g/mol. The van der Waals surface area contributed by atoms with E-state index >= 15 is 0 Å². The lowest BCUT2D eigenvalue weighted by Crippen LogP contribution is -2.03. The Morgan fingerprint density at radius 2 is 1.89 bits per heavy atom. The summed E-state index contributed by atoms with van der Waals surface area (Å²) in [5.74, 6) is 0.726. The van der Waals surface area contributed by atoms with Crippen LogP contribution in [-0.2, 0) is 6.54 Å². The van der Waals surface area contributed by atoms with Gasteiger partial charge in [0.25, 0.3) is 0 Å². The second-order valence-electron chi connectivity index (χ2n) is 3.54. The molecule has 2 N–H and O–H groups in total. The van der Waals surface area contributed by atoms with Crippen LogP contribution < -0.4 is 15.2 Å². The highest BCUT2D eigenvalue weighted by molar-refractivity contribution is 5.37. The number of ether oxygens (including phenoxy) is 2. The van der Waals surface area contributed by atoms with E-state index in [2.05, 4.69) is 4.98 Å². The van der Waals surface area contributed by atoms with Gasteiger partial charge < -0.3 is 15.2 Å². The summed E-state index contributed by atoms with van der Waals surface area (Å²) in [6.07, 6.45) is 0. The predicted octanol–water partition coefficient (Wildman–Crippen LogP) is 2.48. The smallest absolute Gasteiger partial charge is 0.222 e. The number of nitrogens with zero attached hydrogens (tertiary/aromatic N) is 1. The first-order chi connectivity index (χ1) is 8.74. The van der Waals surface area contributed by atoms with Crippen LogP contribution in [0.3, 0.4) is 0 Å². The third-order valence-electron chi connectivity index (χ3n) is 2.40.